The molecule has 3 heterocycles. The summed E-state index contributed by atoms with van der Waals surface area (Å²) in [6.45, 7) is 0. The molecule has 1 aromatic carbocycles. The second-order valence-corrected chi connectivity index (χ2v) is 5.59. The quantitative estimate of drug-likeness (QED) is 0.517. The largest absolute Gasteiger partial charge is 0.382 e. The molecule has 0 aliphatic rings. The maximum atomic E-state index is 6.07. The first-order chi connectivity index (χ1) is 12.7. The summed E-state index contributed by atoms with van der Waals surface area (Å²) in [6.07, 6.45) is 5.14. The van der Waals surface area contributed by atoms with Gasteiger partial charge in [-0.25, -0.2) is 4.98 Å². The number of hydrogen-bond donors (Lipinski definition) is 2. The molecule has 0 aliphatic heterocycles. The zero-order valence-corrected chi connectivity index (χ0v) is 13.7. The van der Waals surface area contributed by atoms with E-state index in [1.165, 1.54) is 0 Å². The molecule has 4 rings (SSSR count). The van der Waals surface area contributed by atoms with Gasteiger partial charge in [-0.1, -0.05) is 24.0 Å². The molecule has 26 heavy (non-hydrogen) atoms. The van der Waals surface area contributed by atoms with Gasteiger partial charge in [0, 0.05) is 35.1 Å². The Morgan fingerprint density at radius 3 is 2.62 bits per heavy atom. The molecule has 6 heteroatoms. The summed E-state index contributed by atoms with van der Waals surface area (Å²) in [4.78, 5) is 16.8. The summed E-state index contributed by atoms with van der Waals surface area (Å²) in [5, 5.41) is 0.993. The molecule has 0 aliphatic carbocycles. The Bertz CT molecular complexity index is 1160. The molecule has 0 amide bonds. The van der Waals surface area contributed by atoms with Gasteiger partial charge in [-0.15, -0.1) is 0 Å². The van der Waals surface area contributed by atoms with Crippen LogP contribution < -0.4 is 11.5 Å². The van der Waals surface area contributed by atoms with Crippen molar-refractivity contribution < 1.29 is 0 Å². The second-order valence-electron chi connectivity index (χ2n) is 5.59. The number of anilines is 2. The van der Waals surface area contributed by atoms with E-state index in [2.05, 4.69) is 31.8 Å². The average molecular weight is 338 g/mol. The third-order valence-corrected chi connectivity index (χ3v) is 3.82. The number of hydrogen-bond acceptors (Lipinski definition) is 6. The number of pyridine rings is 2. The van der Waals surface area contributed by atoms with E-state index in [1.807, 2.05) is 42.5 Å². The standard InChI is InChI=1S/C20H14N6/c21-19-16(7-5-13-3-1-9-23-12-13)18(25-20(22)26-19)15-6-8-17-14(11-15)4-2-10-24-17/h1-4,6,8-12H,(H4,21,22,25,26). The molecule has 6 nitrogen and oxygen atoms in total. The number of rotatable bonds is 1. The van der Waals surface area contributed by atoms with Crippen LogP contribution in [0.2, 0.25) is 0 Å². The Labute approximate surface area is 150 Å². The molecule has 0 spiro atoms. The van der Waals surface area contributed by atoms with Gasteiger partial charge < -0.3 is 11.5 Å². The van der Waals surface area contributed by atoms with E-state index in [-0.39, 0.29) is 11.8 Å². The maximum Gasteiger partial charge on any atom is 0.222 e. The molecule has 124 valence electrons. The molecule has 0 atom stereocenters. The van der Waals surface area contributed by atoms with Gasteiger partial charge in [-0.2, -0.15) is 4.98 Å². The molecule has 4 aromatic rings. The van der Waals surface area contributed by atoms with E-state index < -0.39 is 0 Å². The van der Waals surface area contributed by atoms with Crippen LogP contribution in [0.3, 0.4) is 0 Å². The van der Waals surface area contributed by atoms with Gasteiger partial charge in [-0.05, 0) is 30.3 Å². The Hall–Kier alpha value is -3.98. The molecular weight excluding hydrogens is 324 g/mol. The van der Waals surface area contributed by atoms with E-state index in [0.29, 0.717) is 11.3 Å². The van der Waals surface area contributed by atoms with Gasteiger partial charge >= 0.3 is 0 Å². The fourth-order valence-corrected chi connectivity index (χ4v) is 2.62. The minimum atomic E-state index is 0.107. The Morgan fingerprint density at radius 2 is 1.77 bits per heavy atom. The number of fused-ring (bicyclic) bond motifs is 1. The zero-order valence-electron chi connectivity index (χ0n) is 13.7. The summed E-state index contributed by atoms with van der Waals surface area (Å²) in [6, 6.07) is 13.4. The van der Waals surface area contributed by atoms with Crippen LogP contribution in [-0.2, 0) is 0 Å². The SMILES string of the molecule is Nc1nc(N)c(C#Cc2cccnc2)c(-c2ccc3ncccc3c2)n1. The number of benzene rings is 1. The monoisotopic (exact) mass is 338 g/mol. The predicted molar refractivity (Wildman–Crippen MR) is 102 cm³/mol. The van der Waals surface area contributed by atoms with Crippen molar-refractivity contribution in [3.05, 3.63) is 72.2 Å². The molecule has 3 aromatic heterocycles. The first kappa shape index (κ1) is 15.5. The van der Waals surface area contributed by atoms with Crippen LogP contribution in [0.5, 0.6) is 0 Å². The fourth-order valence-electron chi connectivity index (χ4n) is 2.62. The van der Waals surface area contributed by atoms with E-state index in [4.69, 9.17) is 11.5 Å². The molecule has 0 fully saturated rings. The van der Waals surface area contributed by atoms with E-state index in [9.17, 15) is 0 Å². The lowest BCUT2D eigenvalue weighted by Crippen LogP contribution is -2.05. The fraction of sp³-hybridized carbons (Fsp3) is 0. The molecular formula is C20H14N6. The Kier molecular flexibility index (Phi) is 3.88. The van der Waals surface area contributed by atoms with Crippen LogP contribution in [-0.4, -0.2) is 19.9 Å². The van der Waals surface area contributed by atoms with Gasteiger partial charge in [0.05, 0.1) is 16.8 Å². The number of nitrogen functional groups attached to an aromatic ring is 2. The van der Waals surface area contributed by atoms with E-state index >= 15 is 0 Å². The number of aromatic nitrogens is 4. The highest BCUT2D eigenvalue weighted by Gasteiger charge is 2.12. The van der Waals surface area contributed by atoms with Crippen LogP contribution in [0.25, 0.3) is 22.2 Å². The van der Waals surface area contributed by atoms with Crippen molar-refractivity contribution in [3.8, 4) is 23.1 Å². The second kappa shape index (κ2) is 6.49. The van der Waals surface area contributed by atoms with Gasteiger partial charge in [0.2, 0.25) is 5.95 Å². The van der Waals surface area contributed by atoms with Crippen molar-refractivity contribution in [2.24, 2.45) is 0 Å². The van der Waals surface area contributed by atoms with Gasteiger partial charge in [-0.3, -0.25) is 9.97 Å². The Morgan fingerprint density at radius 1 is 0.885 bits per heavy atom. The lowest BCUT2D eigenvalue weighted by atomic mass is 10.0. The van der Waals surface area contributed by atoms with Gasteiger partial charge in [0.15, 0.2) is 0 Å². The van der Waals surface area contributed by atoms with Crippen molar-refractivity contribution in [3.63, 3.8) is 0 Å². The van der Waals surface area contributed by atoms with Gasteiger partial charge in [0.1, 0.15) is 5.82 Å². The van der Waals surface area contributed by atoms with Crippen LogP contribution in [0.15, 0.2) is 61.1 Å². The van der Waals surface area contributed by atoms with Crippen molar-refractivity contribution in [2.75, 3.05) is 11.5 Å². The van der Waals surface area contributed by atoms with Gasteiger partial charge in [0.25, 0.3) is 0 Å². The normalized spacial score (nSPS) is 10.3. The third-order valence-electron chi connectivity index (χ3n) is 3.82. The number of nitrogens with two attached hydrogens (primary N) is 2. The summed E-state index contributed by atoms with van der Waals surface area (Å²) < 4.78 is 0. The van der Waals surface area contributed by atoms with Crippen molar-refractivity contribution in [2.45, 2.75) is 0 Å². The van der Waals surface area contributed by atoms with Crippen molar-refractivity contribution in [1.82, 2.24) is 19.9 Å². The molecule has 4 N–H and O–H groups in total. The highest BCUT2D eigenvalue weighted by molar-refractivity contribution is 5.85. The van der Waals surface area contributed by atoms with E-state index in [1.54, 1.807) is 18.6 Å². The highest BCUT2D eigenvalue weighted by Crippen LogP contribution is 2.27. The topological polar surface area (TPSA) is 104 Å². The maximum absolute atomic E-state index is 6.07. The summed E-state index contributed by atoms with van der Waals surface area (Å²) in [7, 11) is 0. The van der Waals surface area contributed by atoms with Crippen molar-refractivity contribution in [1.29, 1.82) is 0 Å². The average Bonchev–Trinajstić information content (AvgIpc) is 2.67. The third kappa shape index (κ3) is 3.01. The van der Waals surface area contributed by atoms with Crippen LogP contribution in [0.1, 0.15) is 11.1 Å². The minimum Gasteiger partial charge on any atom is -0.382 e. The summed E-state index contributed by atoms with van der Waals surface area (Å²) in [5.74, 6) is 6.46. The smallest absolute Gasteiger partial charge is 0.222 e. The Balaban J connectivity index is 1.88. The molecule has 0 saturated heterocycles. The molecule has 0 unspecified atom stereocenters. The van der Waals surface area contributed by atoms with Crippen LogP contribution >= 0.6 is 0 Å². The predicted octanol–water partition coefficient (Wildman–Crippen LogP) is 2.65. The lowest BCUT2D eigenvalue weighted by molar-refractivity contribution is 1.19. The van der Waals surface area contributed by atoms with E-state index in [0.717, 1.165) is 22.0 Å². The first-order valence-electron chi connectivity index (χ1n) is 7.91. The highest BCUT2D eigenvalue weighted by atomic mass is 15.0. The summed E-state index contributed by atoms with van der Waals surface area (Å²) in [5.41, 5.74) is 15.5. The first-order valence-corrected chi connectivity index (χ1v) is 7.91. The summed E-state index contributed by atoms with van der Waals surface area (Å²) >= 11 is 0. The van der Waals surface area contributed by atoms with Crippen LogP contribution in [0.4, 0.5) is 11.8 Å². The van der Waals surface area contributed by atoms with Crippen LogP contribution in [0, 0.1) is 11.8 Å². The molecule has 0 saturated carbocycles. The lowest BCUT2D eigenvalue weighted by Gasteiger charge is -2.08. The van der Waals surface area contributed by atoms with Crippen molar-refractivity contribution >= 4 is 22.7 Å². The zero-order chi connectivity index (χ0) is 17.9. The molecule has 0 bridgehead atoms. The molecule has 0 radical (unpaired) electrons. The number of nitrogens with zero attached hydrogens (tertiary/aromatic N) is 4. The minimum absolute atomic E-state index is 0.107.